The first-order valence-corrected chi connectivity index (χ1v) is 10.8. The fourth-order valence-electron chi connectivity index (χ4n) is 2.40. The van der Waals surface area contributed by atoms with Crippen LogP contribution < -0.4 is 10.6 Å². The minimum Gasteiger partial charge on any atom is -0.142 e. The average Bonchev–Trinajstić information content (AvgIpc) is 2.51. The molecule has 2 aromatic carbocycles. The molecular formula is C18H21PS2. The van der Waals surface area contributed by atoms with Gasteiger partial charge in [-0.15, -0.1) is 23.5 Å². The van der Waals surface area contributed by atoms with Gasteiger partial charge in [0.15, 0.2) is 0 Å². The molecule has 1 aliphatic rings. The zero-order valence-corrected chi connectivity index (χ0v) is 15.1. The fourth-order valence-corrected chi connectivity index (χ4v) is 9.59. The van der Waals surface area contributed by atoms with Crippen LogP contribution in [0.2, 0.25) is 0 Å². The quantitative estimate of drug-likeness (QED) is 0.733. The highest BCUT2D eigenvalue weighted by Gasteiger charge is 2.33. The molecule has 110 valence electrons. The second-order valence-corrected chi connectivity index (χ2v) is 11.6. The zero-order chi connectivity index (χ0) is 14.7. The lowest BCUT2D eigenvalue weighted by Crippen LogP contribution is -2.28. The lowest BCUT2D eigenvalue weighted by atomic mass is 10.0. The van der Waals surface area contributed by atoms with E-state index in [1.807, 2.05) is 0 Å². The highest BCUT2D eigenvalue weighted by atomic mass is 32.2. The van der Waals surface area contributed by atoms with Gasteiger partial charge in [0, 0.05) is 11.5 Å². The van der Waals surface area contributed by atoms with Crippen LogP contribution in [0.25, 0.3) is 0 Å². The highest BCUT2D eigenvalue weighted by molar-refractivity contribution is 8.25. The van der Waals surface area contributed by atoms with E-state index in [0.29, 0.717) is 9.74 Å². The van der Waals surface area contributed by atoms with Crippen molar-refractivity contribution in [3.8, 4) is 0 Å². The molecule has 0 bridgehead atoms. The summed E-state index contributed by atoms with van der Waals surface area (Å²) in [7, 11) is -0.285. The van der Waals surface area contributed by atoms with Gasteiger partial charge in [0.2, 0.25) is 0 Å². The third kappa shape index (κ3) is 3.86. The maximum atomic E-state index is 2.39. The summed E-state index contributed by atoms with van der Waals surface area (Å²) in [5.41, 5.74) is 0.472. The van der Waals surface area contributed by atoms with E-state index in [9.17, 15) is 0 Å². The Morgan fingerprint density at radius 1 is 0.810 bits per heavy atom. The normalized spacial score (nSPS) is 18.8. The second kappa shape index (κ2) is 6.77. The van der Waals surface area contributed by atoms with Crippen LogP contribution in [0.15, 0.2) is 60.7 Å². The van der Waals surface area contributed by atoms with Crippen LogP contribution in [-0.2, 0) is 0 Å². The third-order valence-electron chi connectivity index (χ3n) is 3.51. The first-order chi connectivity index (χ1) is 10.2. The smallest absolute Gasteiger partial charge is 0.0779 e. The van der Waals surface area contributed by atoms with E-state index >= 15 is 0 Å². The summed E-state index contributed by atoms with van der Waals surface area (Å²) in [6, 6.07) is 22.2. The van der Waals surface area contributed by atoms with Crippen LogP contribution in [0.1, 0.15) is 13.8 Å². The van der Waals surface area contributed by atoms with Crippen LogP contribution in [-0.4, -0.2) is 15.8 Å². The third-order valence-corrected chi connectivity index (χ3v) is 11.1. The van der Waals surface area contributed by atoms with Gasteiger partial charge in [-0.25, -0.2) is 0 Å². The second-order valence-electron chi connectivity index (χ2n) is 6.13. The van der Waals surface area contributed by atoms with Gasteiger partial charge in [-0.3, -0.25) is 0 Å². The van der Waals surface area contributed by atoms with E-state index in [4.69, 9.17) is 0 Å². The molecule has 0 N–H and O–H groups in total. The van der Waals surface area contributed by atoms with Crippen molar-refractivity contribution in [3.05, 3.63) is 60.7 Å². The molecule has 0 unspecified atom stereocenters. The summed E-state index contributed by atoms with van der Waals surface area (Å²) < 4.78 is 0.679. The number of benzene rings is 2. The highest BCUT2D eigenvalue weighted by Crippen LogP contribution is 2.55. The van der Waals surface area contributed by atoms with Crippen molar-refractivity contribution in [2.75, 3.05) is 11.5 Å². The Morgan fingerprint density at radius 3 is 1.67 bits per heavy atom. The molecule has 1 heterocycles. The lowest BCUT2D eigenvalue weighted by Gasteiger charge is -2.37. The minimum atomic E-state index is -0.285. The van der Waals surface area contributed by atoms with Crippen molar-refractivity contribution in [2.45, 2.75) is 18.2 Å². The lowest BCUT2D eigenvalue weighted by molar-refractivity contribution is 0.490. The molecule has 0 atom stereocenters. The summed E-state index contributed by atoms with van der Waals surface area (Å²) in [4.78, 5) is 0. The minimum absolute atomic E-state index is 0.285. The molecule has 0 aromatic heterocycles. The molecular weight excluding hydrogens is 311 g/mol. The van der Waals surface area contributed by atoms with Crippen LogP contribution in [0.4, 0.5) is 0 Å². The van der Waals surface area contributed by atoms with Gasteiger partial charge in [0.25, 0.3) is 0 Å². The van der Waals surface area contributed by atoms with Gasteiger partial charge in [0.05, 0.1) is 4.32 Å². The Bertz CT molecular complexity index is 519. The molecule has 0 aliphatic carbocycles. The van der Waals surface area contributed by atoms with Gasteiger partial charge < -0.3 is 0 Å². The number of thioether (sulfide) groups is 2. The summed E-state index contributed by atoms with van der Waals surface area (Å²) >= 11 is 4.32. The van der Waals surface area contributed by atoms with E-state index in [1.165, 1.54) is 22.1 Å². The maximum Gasteiger partial charge on any atom is 0.0779 e. The molecule has 3 rings (SSSR count). The SMILES string of the molecule is CC1(C)CSC(P(c2ccccc2)c2ccccc2)SC1. The zero-order valence-electron chi connectivity index (χ0n) is 12.5. The van der Waals surface area contributed by atoms with Crippen LogP contribution in [0, 0.1) is 5.41 Å². The largest absolute Gasteiger partial charge is 0.142 e. The Morgan fingerprint density at radius 2 is 1.24 bits per heavy atom. The number of hydrogen-bond acceptors (Lipinski definition) is 2. The van der Waals surface area contributed by atoms with Gasteiger partial charge in [-0.2, -0.15) is 0 Å². The van der Waals surface area contributed by atoms with Gasteiger partial charge in [-0.05, 0) is 23.9 Å². The van der Waals surface area contributed by atoms with Gasteiger partial charge in [-0.1, -0.05) is 74.5 Å². The standard InChI is InChI=1S/C18H21PS2/c1-18(2)13-20-17(21-14-18)19(15-9-5-3-6-10-15)16-11-7-4-8-12-16/h3-12,17H,13-14H2,1-2H3. The Balaban J connectivity index is 1.91. The molecule has 1 aliphatic heterocycles. The van der Waals surface area contributed by atoms with Crippen molar-refractivity contribution < 1.29 is 0 Å². The molecule has 0 spiro atoms. The maximum absolute atomic E-state index is 2.39. The topological polar surface area (TPSA) is 0 Å². The summed E-state index contributed by atoms with van der Waals surface area (Å²) in [6.07, 6.45) is 0. The monoisotopic (exact) mass is 332 g/mol. The van der Waals surface area contributed by atoms with Crippen LogP contribution in [0.3, 0.4) is 0 Å². The predicted octanol–water partition coefficient (Wildman–Crippen LogP) is 4.91. The first-order valence-electron chi connectivity index (χ1n) is 7.28. The van der Waals surface area contributed by atoms with Crippen molar-refractivity contribution >= 4 is 42.1 Å². The van der Waals surface area contributed by atoms with E-state index < -0.39 is 0 Å². The van der Waals surface area contributed by atoms with Gasteiger partial charge >= 0.3 is 0 Å². The Hall–Kier alpha value is -0.430. The van der Waals surface area contributed by atoms with E-state index in [0.717, 1.165) is 0 Å². The van der Waals surface area contributed by atoms with E-state index in [2.05, 4.69) is 98.0 Å². The molecule has 1 saturated heterocycles. The molecule has 0 saturated carbocycles. The number of hydrogen-bond donors (Lipinski definition) is 0. The molecule has 0 amide bonds. The molecule has 0 nitrogen and oxygen atoms in total. The fraction of sp³-hybridized carbons (Fsp3) is 0.333. The molecule has 1 fully saturated rings. The summed E-state index contributed by atoms with van der Waals surface area (Å²) in [5.74, 6) is 2.53. The van der Waals surface area contributed by atoms with Gasteiger partial charge in [0.1, 0.15) is 0 Å². The van der Waals surface area contributed by atoms with Crippen LogP contribution >= 0.6 is 31.4 Å². The first kappa shape index (κ1) is 15.5. The summed E-state index contributed by atoms with van der Waals surface area (Å²) in [6.45, 7) is 4.77. The molecule has 21 heavy (non-hydrogen) atoms. The van der Waals surface area contributed by atoms with E-state index in [1.54, 1.807) is 0 Å². The van der Waals surface area contributed by atoms with E-state index in [-0.39, 0.29) is 7.92 Å². The van der Waals surface area contributed by atoms with Crippen molar-refractivity contribution in [1.82, 2.24) is 0 Å². The molecule has 2 aromatic rings. The van der Waals surface area contributed by atoms with Crippen LogP contribution in [0.5, 0.6) is 0 Å². The Labute approximate surface area is 137 Å². The average molecular weight is 332 g/mol. The predicted molar refractivity (Wildman–Crippen MR) is 102 cm³/mol. The number of rotatable bonds is 3. The van der Waals surface area contributed by atoms with Crippen molar-refractivity contribution in [2.24, 2.45) is 5.41 Å². The molecule has 0 radical (unpaired) electrons. The Kier molecular flexibility index (Phi) is 4.99. The van der Waals surface area contributed by atoms with Crippen molar-refractivity contribution in [3.63, 3.8) is 0 Å². The molecule has 3 heteroatoms. The summed E-state index contributed by atoms with van der Waals surface area (Å²) in [5, 5.41) is 3.01. The van der Waals surface area contributed by atoms with Crippen molar-refractivity contribution in [1.29, 1.82) is 0 Å².